The van der Waals surface area contributed by atoms with E-state index in [2.05, 4.69) is 5.32 Å². The topological polar surface area (TPSA) is 67.9 Å². The van der Waals surface area contributed by atoms with Crippen LogP contribution >= 0.6 is 0 Å². The van der Waals surface area contributed by atoms with Gasteiger partial charge in [-0.05, 0) is 31.0 Å². The van der Waals surface area contributed by atoms with Gasteiger partial charge >= 0.3 is 0 Å². The average molecular weight is 366 g/mol. The fourth-order valence-corrected chi connectivity index (χ4v) is 3.49. The van der Waals surface area contributed by atoms with Gasteiger partial charge < -0.3 is 19.7 Å². The SMILES string of the molecule is C[C@@H]1Oc2ccccc2O[C@@H]1C(=O)N[C@@H]1CCN(Cc2ccccc2)C1=O. The minimum Gasteiger partial charge on any atom is -0.482 e. The maximum atomic E-state index is 12.7. The zero-order chi connectivity index (χ0) is 18.8. The van der Waals surface area contributed by atoms with Gasteiger partial charge in [-0.25, -0.2) is 0 Å². The maximum absolute atomic E-state index is 12.7. The molecule has 0 unspecified atom stereocenters. The summed E-state index contributed by atoms with van der Waals surface area (Å²) in [6.07, 6.45) is -0.622. The van der Waals surface area contributed by atoms with Gasteiger partial charge in [0.15, 0.2) is 11.5 Å². The molecule has 1 N–H and O–H groups in total. The Hall–Kier alpha value is -3.02. The standard InChI is InChI=1S/C21H22N2O4/c1-14-19(27-18-10-6-5-9-17(18)26-14)20(24)22-16-11-12-23(21(16)25)13-15-7-3-2-4-8-15/h2-10,14,16,19H,11-13H2,1H3,(H,22,24)/t14-,16+,19-/m0/s1. The van der Waals surface area contributed by atoms with Crippen molar-refractivity contribution in [2.45, 2.75) is 38.1 Å². The van der Waals surface area contributed by atoms with Crippen molar-refractivity contribution in [1.29, 1.82) is 0 Å². The van der Waals surface area contributed by atoms with Crippen molar-refractivity contribution in [3.8, 4) is 11.5 Å². The number of hydrogen-bond acceptors (Lipinski definition) is 4. The quantitative estimate of drug-likeness (QED) is 0.900. The number of carbonyl (C=O) groups excluding carboxylic acids is 2. The lowest BCUT2D eigenvalue weighted by Gasteiger charge is -2.31. The Balaban J connectivity index is 1.38. The molecule has 2 aliphatic heterocycles. The second-order valence-electron chi connectivity index (χ2n) is 6.90. The smallest absolute Gasteiger partial charge is 0.265 e. The maximum Gasteiger partial charge on any atom is 0.265 e. The molecule has 0 aromatic heterocycles. The van der Waals surface area contributed by atoms with Crippen LogP contribution in [0.25, 0.3) is 0 Å². The number of ether oxygens (including phenoxy) is 2. The van der Waals surface area contributed by atoms with Gasteiger partial charge in [-0.3, -0.25) is 9.59 Å². The first kappa shape index (κ1) is 17.4. The number of rotatable bonds is 4. The molecule has 0 aliphatic carbocycles. The van der Waals surface area contributed by atoms with E-state index in [4.69, 9.17) is 9.47 Å². The average Bonchev–Trinajstić information content (AvgIpc) is 3.01. The number of benzene rings is 2. The highest BCUT2D eigenvalue weighted by atomic mass is 16.6. The van der Waals surface area contributed by atoms with Crippen LogP contribution in [0, 0.1) is 0 Å². The Labute approximate surface area is 158 Å². The molecule has 27 heavy (non-hydrogen) atoms. The Morgan fingerprint density at radius 1 is 1.07 bits per heavy atom. The van der Waals surface area contributed by atoms with Crippen LogP contribution in [0.1, 0.15) is 18.9 Å². The Morgan fingerprint density at radius 2 is 1.74 bits per heavy atom. The fourth-order valence-electron chi connectivity index (χ4n) is 3.49. The number of carbonyl (C=O) groups is 2. The van der Waals surface area contributed by atoms with Crippen LogP contribution in [0.5, 0.6) is 11.5 Å². The van der Waals surface area contributed by atoms with E-state index < -0.39 is 18.2 Å². The van der Waals surface area contributed by atoms with Crippen molar-refractivity contribution < 1.29 is 19.1 Å². The van der Waals surface area contributed by atoms with Crippen molar-refractivity contribution >= 4 is 11.8 Å². The fraction of sp³-hybridized carbons (Fsp3) is 0.333. The van der Waals surface area contributed by atoms with Crippen LogP contribution in [0.4, 0.5) is 0 Å². The summed E-state index contributed by atoms with van der Waals surface area (Å²) in [4.78, 5) is 27.1. The van der Waals surface area contributed by atoms with E-state index in [9.17, 15) is 9.59 Å². The summed E-state index contributed by atoms with van der Waals surface area (Å²) in [5.41, 5.74) is 1.08. The molecule has 0 bridgehead atoms. The summed E-state index contributed by atoms with van der Waals surface area (Å²) in [6.45, 7) is 2.97. The molecule has 1 saturated heterocycles. The lowest BCUT2D eigenvalue weighted by atomic mass is 10.1. The number of para-hydroxylation sites is 2. The van der Waals surface area contributed by atoms with Gasteiger partial charge in [0.1, 0.15) is 12.1 Å². The summed E-state index contributed by atoms with van der Waals surface area (Å²) < 4.78 is 11.6. The zero-order valence-corrected chi connectivity index (χ0v) is 15.1. The molecule has 2 heterocycles. The largest absolute Gasteiger partial charge is 0.482 e. The van der Waals surface area contributed by atoms with Crippen molar-refractivity contribution in [3.05, 3.63) is 60.2 Å². The van der Waals surface area contributed by atoms with Gasteiger partial charge in [0.25, 0.3) is 5.91 Å². The highest BCUT2D eigenvalue weighted by Gasteiger charge is 2.38. The number of hydrogen-bond donors (Lipinski definition) is 1. The van der Waals surface area contributed by atoms with E-state index >= 15 is 0 Å². The summed E-state index contributed by atoms with van der Waals surface area (Å²) in [7, 11) is 0. The Bertz CT molecular complexity index is 839. The molecule has 6 heteroatoms. The van der Waals surface area contributed by atoms with E-state index in [-0.39, 0.29) is 11.8 Å². The Kier molecular flexibility index (Phi) is 4.71. The second kappa shape index (κ2) is 7.31. The summed E-state index contributed by atoms with van der Waals surface area (Å²) in [6, 6.07) is 16.6. The summed E-state index contributed by atoms with van der Waals surface area (Å²) in [5.74, 6) is 0.785. The third-order valence-corrected chi connectivity index (χ3v) is 4.93. The number of fused-ring (bicyclic) bond motifs is 1. The van der Waals surface area contributed by atoms with Crippen LogP contribution in [-0.2, 0) is 16.1 Å². The predicted octanol–water partition coefficient (Wildman–Crippen LogP) is 2.13. The van der Waals surface area contributed by atoms with Gasteiger partial charge in [0, 0.05) is 13.1 Å². The van der Waals surface area contributed by atoms with Crippen molar-refractivity contribution in [3.63, 3.8) is 0 Å². The molecule has 2 aromatic carbocycles. The zero-order valence-electron chi connectivity index (χ0n) is 15.1. The minimum atomic E-state index is -0.782. The molecular weight excluding hydrogens is 344 g/mol. The highest BCUT2D eigenvalue weighted by molar-refractivity contribution is 5.91. The number of nitrogens with zero attached hydrogens (tertiary/aromatic N) is 1. The van der Waals surface area contributed by atoms with Crippen molar-refractivity contribution in [2.24, 2.45) is 0 Å². The van der Waals surface area contributed by atoms with E-state index in [0.29, 0.717) is 31.0 Å². The molecule has 4 rings (SSSR count). The summed E-state index contributed by atoms with van der Waals surface area (Å²) in [5, 5.41) is 2.84. The molecular formula is C21H22N2O4. The van der Waals surface area contributed by atoms with Gasteiger partial charge in [0.2, 0.25) is 12.0 Å². The van der Waals surface area contributed by atoms with Gasteiger partial charge in [-0.15, -0.1) is 0 Å². The van der Waals surface area contributed by atoms with E-state index in [1.165, 1.54) is 0 Å². The molecule has 3 atom stereocenters. The number of amides is 2. The third kappa shape index (κ3) is 3.60. The lowest BCUT2D eigenvalue weighted by Crippen LogP contribution is -2.53. The molecule has 2 amide bonds. The monoisotopic (exact) mass is 366 g/mol. The van der Waals surface area contributed by atoms with Crippen LogP contribution < -0.4 is 14.8 Å². The van der Waals surface area contributed by atoms with Crippen LogP contribution in [-0.4, -0.2) is 41.5 Å². The molecule has 0 radical (unpaired) electrons. The highest BCUT2D eigenvalue weighted by Crippen LogP contribution is 2.33. The molecule has 2 aliphatic rings. The Morgan fingerprint density at radius 3 is 2.48 bits per heavy atom. The van der Waals surface area contributed by atoms with Crippen molar-refractivity contribution in [1.82, 2.24) is 10.2 Å². The normalized spacial score (nSPS) is 24.0. The molecule has 2 aromatic rings. The van der Waals surface area contributed by atoms with Crippen LogP contribution in [0.2, 0.25) is 0 Å². The minimum absolute atomic E-state index is 0.0583. The van der Waals surface area contributed by atoms with Gasteiger partial charge in [0.05, 0.1) is 0 Å². The first-order valence-electron chi connectivity index (χ1n) is 9.17. The van der Waals surface area contributed by atoms with Gasteiger partial charge in [-0.1, -0.05) is 42.5 Å². The third-order valence-electron chi connectivity index (χ3n) is 4.93. The molecule has 140 valence electrons. The van der Waals surface area contributed by atoms with E-state index in [1.54, 1.807) is 17.9 Å². The molecule has 0 spiro atoms. The molecule has 0 saturated carbocycles. The number of nitrogens with one attached hydrogen (secondary N) is 1. The summed E-state index contributed by atoms with van der Waals surface area (Å²) >= 11 is 0. The molecule has 1 fully saturated rings. The number of likely N-dealkylation sites (tertiary alicyclic amines) is 1. The first-order chi connectivity index (χ1) is 13.1. The predicted molar refractivity (Wildman–Crippen MR) is 99.4 cm³/mol. The lowest BCUT2D eigenvalue weighted by molar-refractivity contribution is -0.138. The van der Waals surface area contributed by atoms with Gasteiger partial charge in [-0.2, -0.15) is 0 Å². The van der Waals surface area contributed by atoms with Crippen molar-refractivity contribution in [2.75, 3.05) is 6.54 Å². The van der Waals surface area contributed by atoms with E-state index in [1.807, 2.05) is 48.5 Å². The first-order valence-corrected chi connectivity index (χ1v) is 9.17. The van der Waals surface area contributed by atoms with Crippen LogP contribution in [0.3, 0.4) is 0 Å². The second-order valence-corrected chi connectivity index (χ2v) is 6.90. The van der Waals surface area contributed by atoms with Crippen LogP contribution in [0.15, 0.2) is 54.6 Å². The molecule has 6 nitrogen and oxygen atoms in total. The van der Waals surface area contributed by atoms with E-state index in [0.717, 1.165) is 5.56 Å².